The van der Waals surface area contributed by atoms with Gasteiger partial charge in [-0.15, -0.1) is 0 Å². The molecule has 162 valence electrons. The van der Waals surface area contributed by atoms with Crippen LogP contribution in [0.25, 0.3) is 11.1 Å². The molecule has 1 heterocycles. The van der Waals surface area contributed by atoms with E-state index in [1.54, 1.807) is 43.3 Å². The molecule has 4 rings (SSSR count). The van der Waals surface area contributed by atoms with Crippen molar-refractivity contribution in [2.75, 3.05) is 0 Å². The molecule has 0 aliphatic carbocycles. The summed E-state index contributed by atoms with van der Waals surface area (Å²) in [6.07, 6.45) is 1.82. The minimum Gasteiger partial charge on any atom is -0.457 e. The molecule has 1 unspecified atom stereocenters. The zero-order chi connectivity index (χ0) is 22.8. The van der Waals surface area contributed by atoms with Crippen LogP contribution in [0, 0.1) is 19.7 Å². The Bertz CT molecular complexity index is 1210. The Balaban J connectivity index is 1.95. The molecule has 2 amide bonds. The lowest BCUT2D eigenvalue weighted by Gasteiger charge is -2.25. The first-order valence-electron chi connectivity index (χ1n) is 10.2. The van der Waals surface area contributed by atoms with Gasteiger partial charge in [-0.2, -0.15) is 0 Å². The number of halogens is 1. The van der Waals surface area contributed by atoms with Gasteiger partial charge in [0.15, 0.2) is 0 Å². The Labute approximate surface area is 186 Å². The molecule has 3 aromatic carbocycles. The second kappa shape index (κ2) is 8.67. The summed E-state index contributed by atoms with van der Waals surface area (Å²) < 4.78 is 21.2. The van der Waals surface area contributed by atoms with Gasteiger partial charge in [-0.3, -0.25) is 9.59 Å². The molecule has 4 bridgehead atoms. The summed E-state index contributed by atoms with van der Waals surface area (Å²) in [5.74, 6) is 0.295. The van der Waals surface area contributed by atoms with Gasteiger partial charge in [-0.1, -0.05) is 30.8 Å². The molecule has 5 nitrogen and oxygen atoms in total. The van der Waals surface area contributed by atoms with Gasteiger partial charge in [0, 0.05) is 23.9 Å². The number of hydrogen-bond acceptors (Lipinski definition) is 3. The number of amides is 2. The van der Waals surface area contributed by atoms with E-state index in [4.69, 9.17) is 4.74 Å². The number of benzene rings is 3. The molecule has 32 heavy (non-hydrogen) atoms. The Hall–Kier alpha value is -3.93. The van der Waals surface area contributed by atoms with Crippen LogP contribution >= 0.6 is 0 Å². The van der Waals surface area contributed by atoms with Crippen LogP contribution in [0.2, 0.25) is 0 Å². The van der Waals surface area contributed by atoms with Crippen LogP contribution in [0.1, 0.15) is 28.3 Å². The van der Waals surface area contributed by atoms with E-state index in [2.05, 4.69) is 11.9 Å². The lowest BCUT2D eigenvalue weighted by atomic mass is 9.95. The average Bonchev–Trinajstić information content (AvgIpc) is 2.78. The normalized spacial score (nSPS) is 15.1. The number of nitrogens with one attached hydrogen (secondary N) is 1. The van der Waals surface area contributed by atoms with Crippen LogP contribution in [-0.4, -0.2) is 17.2 Å². The first-order valence-corrected chi connectivity index (χ1v) is 10.2. The van der Waals surface area contributed by atoms with Crippen LogP contribution in [0.4, 0.5) is 4.39 Å². The van der Waals surface area contributed by atoms with Crippen molar-refractivity contribution in [3.63, 3.8) is 0 Å². The monoisotopic (exact) mass is 430 g/mol. The van der Waals surface area contributed by atoms with Crippen LogP contribution in [-0.2, 0) is 16.1 Å². The highest BCUT2D eigenvalue weighted by Crippen LogP contribution is 2.38. The molecular weight excluding hydrogens is 407 g/mol. The fraction of sp³-hybridized carbons (Fsp3) is 0.154. The standard InChI is InChI=1S/C26H23FN2O3/c1-4-29(15-30)25-18-8-6-9-21(13-18)32-22-10-5-7-16(2)23(22)19-11-17(3)24(27)20(12-19)14-28-26(25)31/h4-13,15,25H,1,14H2,2-3H3,(H,28,31). The molecule has 3 aromatic rings. The van der Waals surface area contributed by atoms with Crippen LogP contribution in [0.3, 0.4) is 0 Å². The Morgan fingerprint density at radius 2 is 1.91 bits per heavy atom. The van der Waals surface area contributed by atoms with Gasteiger partial charge in [0.1, 0.15) is 23.4 Å². The number of nitrogens with zero attached hydrogens (tertiary/aromatic N) is 1. The van der Waals surface area contributed by atoms with E-state index in [1.165, 1.54) is 11.1 Å². The second-order valence-corrected chi connectivity index (χ2v) is 7.74. The zero-order valence-corrected chi connectivity index (χ0v) is 17.9. The second-order valence-electron chi connectivity index (χ2n) is 7.74. The number of hydrogen-bond donors (Lipinski definition) is 1. The summed E-state index contributed by atoms with van der Waals surface area (Å²) in [7, 11) is 0. The smallest absolute Gasteiger partial charge is 0.248 e. The molecule has 0 fully saturated rings. The maximum Gasteiger partial charge on any atom is 0.248 e. The van der Waals surface area contributed by atoms with Gasteiger partial charge in [-0.25, -0.2) is 4.39 Å². The van der Waals surface area contributed by atoms with E-state index in [9.17, 15) is 14.0 Å². The Morgan fingerprint density at radius 3 is 2.66 bits per heavy atom. The predicted molar refractivity (Wildman–Crippen MR) is 121 cm³/mol. The van der Waals surface area contributed by atoms with Crippen LogP contribution in [0.15, 0.2) is 67.4 Å². The number of rotatable bonds is 3. The lowest BCUT2D eigenvalue weighted by molar-refractivity contribution is -0.131. The third kappa shape index (κ3) is 3.87. The number of fused-ring (bicyclic) bond motifs is 6. The van der Waals surface area contributed by atoms with E-state index >= 15 is 0 Å². The molecule has 0 aromatic heterocycles. The fourth-order valence-electron chi connectivity index (χ4n) is 4.03. The summed E-state index contributed by atoms with van der Waals surface area (Å²) in [6, 6.07) is 15.3. The first-order chi connectivity index (χ1) is 15.4. The van der Waals surface area contributed by atoms with Crippen LogP contribution in [0.5, 0.6) is 11.5 Å². The number of ether oxygens (including phenoxy) is 1. The van der Waals surface area contributed by atoms with Gasteiger partial charge < -0.3 is 15.0 Å². The first kappa shape index (κ1) is 21.3. The van der Waals surface area contributed by atoms with Gasteiger partial charge in [0.05, 0.1) is 0 Å². The number of aryl methyl sites for hydroxylation is 2. The van der Waals surface area contributed by atoms with E-state index < -0.39 is 11.9 Å². The van der Waals surface area contributed by atoms with E-state index in [1.807, 2.05) is 25.1 Å². The summed E-state index contributed by atoms with van der Waals surface area (Å²) in [4.78, 5) is 25.9. The van der Waals surface area contributed by atoms with E-state index in [-0.39, 0.29) is 12.4 Å². The van der Waals surface area contributed by atoms with Gasteiger partial charge in [0.2, 0.25) is 12.3 Å². The molecule has 0 saturated heterocycles. The van der Waals surface area contributed by atoms with Gasteiger partial charge in [-0.05, 0) is 66.4 Å². The predicted octanol–water partition coefficient (Wildman–Crippen LogP) is 5.17. The molecule has 0 radical (unpaired) electrons. The minimum atomic E-state index is -0.973. The highest BCUT2D eigenvalue weighted by atomic mass is 19.1. The fourth-order valence-corrected chi connectivity index (χ4v) is 4.03. The Morgan fingerprint density at radius 1 is 1.12 bits per heavy atom. The molecule has 1 atom stereocenters. The molecule has 1 aliphatic heterocycles. The number of carbonyl (C=O) groups is 2. The number of carbonyl (C=O) groups excluding carboxylic acids is 2. The third-order valence-electron chi connectivity index (χ3n) is 5.59. The molecule has 0 saturated carbocycles. The zero-order valence-electron chi connectivity index (χ0n) is 17.9. The van der Waals surface area contributed by atoms with E-state index in [0.717, 1.165) is 16.7 Å². The van der Waals surface area contributed by atoms with Gasteiger partial charge in [0.25, 0.3) is 0 Å². The van der Waals surface area contributed by atoms with Crippen molar-refractivity contribution < 1.29 is 18.7 Å². The Kier molecular flexibility index (Phi) is 5.77. The topological polar surface area (TPSA) is 58.6 Å². The van der Waals surface area contributed by atoms with Crippen molar-refractivity contribution in [3.8, 4) is 22.6 Å². The van der Waals surface area contributed by atoms with Crippen molar-refractivity contribution in [1.82, 2.24) is 10.2 Å². The highest BCUT2D eigenvalue weighted by molar-refractivity contribution is 5.85. The highest BCUT2D eigenvalue weighted by Gasteiger charge is 2.27. The average molecular weight is 430 g/mol. The lowest BCUT2D eigenvalue weighted by Crippen LogP contribution is -2.37. The SMILES string of the molecule is C=CN(C=O)C1C(=O)NCc2cc(cc(C)c2F)-c2c(C)cccc2Oc2cccc1c2. The summed E-state index contributed by atoms with van der Waals surface area (Å²) in [5.41, 5.74) is 3.99. The molecule has 6 heteroatoms. The van der Waals surface area contributed by atoms with Crippen molar-refractivity contribution >= 4 is 12.3 Å². The summed E-state index contributed by atoms with van der Waals surface area (Å²) >= 11 is 0. The quantitative estimate of drug-likeness (QED) is 0.583. The maximum absolute atomic E-state index is 14.9. The van der Waals surface area contributed by atoms with Gasteiger partial charge >= 0.3 is 0 Å². The third-order valence-corrected chi connectivity index (χ3v) is 5.59. The van der Waals surface area contributed by atoms with Crippen molar-refractivity contribution in [2.24, 2.45) is 0 Å². The minimum absolute atomic E-state index is 0.0263. The summed E-state index contributed by atoms with van der Waals surface area (Å²) in [5, 5.41) is 2.78. The molecular formula is C26H23FN2O3. The van der Waals surface area contributed by atoms with Crippen molar-refractivity contribution in [1.29, 1.82) is 0 Å². The van der Waals surface area contributed by atoms with Crippen LogP contribution < -0.4 is 10.1 Å². The molecule has 1 N–H and O–H groups in total. The maximum atomic E-state index is 14.9. The van der Waals surface area contributed by atoms with E-state index in [0.29, 0.717) is 34.6 Å². The van der Waals surface area contributed by atoms with Crippen molar-refractivity contribution in [3.05, 3.63) is 95.4 Å². The van der Waals surface area contributed by atoms with Crippen molar-refractivity contribution in [2.45, 2.75) is 26.4 Å². The largest absolute Gasteiger partial charge is 0.457 e. The molecule has 1 aliphatic rings. The summed E-state index contributed by atoms with van der Waals surface area (Å²) in [6.45, 7) is 7.27. The molecule has 0 spiro atoms.